The molecule has 0 saturated heterocycles. The highest BCUT2D eigenvalue weighted by molar-refractivity contribution is 7.47. The van der Waals surface area contributed by atoms with E-state index in [0.717, 1.165) is 102 Å². The summed E-state index contributed by atoms with van der Waals surface area (Å²) in [6, 6.07) is 0. The van der Waals surface area contributed by atoms with Crippen molar-refractivity contribution in [3.05, 3.63) is 0 Å². The molecule has 0 aromatic rings. The molecule has 0 radical (unpaired) electrons. The van der Waals surface area contributed by atoms with E-state index in [0.29, 0.717) is 31.6 Å². The molecular weight excluding hydrogens is 1270 g/mol. The normalized spacial score (nSPS) is 14.0. The standard InChI is InChI=1S/C78H152O17P2/c1-7-9-11-13-15-17-19-21-24-29-32-36-42-48-54-60-75(80)88-66-73(94-77(82)63-57-51-44-38-34-30-26-23-25-27-31-35-40-46-52-58-70(3)4)68-92-96(84,85)90-64-72(79)65-91-97(86,87)93-69-74(67-89-76(81)61-55-49-45-39-41-47-53-59-71(5)6)95-78(83)62-56-50-43-37-33-28-22-20-18-16-14-12-10-8-2/h70-74,79H,7-69H2,1-6H3,(H,84,85)(H,86,87)/t72-,73-,74-/m1/s1. The Labute approximate surface area is 594 Å². The molecule has 0 aromatic heterocycles. The van der Waals surface area contributed by atoms with Crippen molar-refractivity contribution in [2.24, 2.45) is 11.8 Å². The van der Waals surface area contributed by atoms with E-state index in [1.807, 2.05) is 0 Å². The van der Waals surface area contributed by atoms with Gasteiger partial charge in [-0.25, -0.2) is 9.13 Å². The summed E-state index contributed by atoms with van der Waals surface area (Å²) in [5.74, 6) is -0.603. The number of phosphoric ester groups is 2. The molecule has 0 aliphatic carbocycles. The lowest BCUT2D eigenvalue weighted by Crippen LogP contribution is -2.30. The molecule has 0 heterocycles. The molecular formula is C78H152O17P2. The molecule has 0 bridgehead atoms. The third-order valence-electron chi connectivity index (χ3n) is 18.2. The van der Waals surface area contributed by atoms with Gasteiger partial charge < -0.3 is 33.8 Å². The van der Waals surface area contributed by atoms with Crippen LogP contribution in [0.5, 0.6) is 0 Å². The van der Waals surface area contributed by atoms with Crippen molar-refractivity contribution in [3.8, 4) is 0 Å². The number of hydrogen-bond donors (Lipinski definition) is 3. The number of unbranched alkanes of at least 4 members (excludes halogenated alkanes) is 47. The second kappa shape index (κ2) is 69.8. The first-order valence-electron chi connectivity index (χ1n) is 40.5. The average Bonchev–Trinajstić information content (AvgIpc) is 2.39. The van der Waals surface area contributed by atoms with Gasteiger partial charge in [0.2, 0.25) is 0 Å². The number of carbonyl (C=O) groups is 4. The fourth-order valence-corrected chi connectivity index (χ4v) is 13.6. The Kier molecular flexibility index (Phi) is 68.4. The molecule has 0 aromatic carbocycles. The summed E-state index contributed by atoms with van der Waals surface area (Å²) in [6.07, 6.45) is 58.2. The van der Waals surface area contributed by atoms with Gasteiger partial charge in [0.15, 0.2) is 12.2 Å². The maximum Gasteiger partial charge on any atom is 0.472 e. The van der Waals surface area contributed by atoms with Gasteiger partial charge in [0.25, 0.3) is 0 Å². The fraction of sp³-hybridized carbons (Fsp3) is 0.949. The van der Waals surface area contributed by atoms with E-state index < -0.39 is 97.5 Å². The summed E-state index contributed by atoms with van der Waals surface area (Å²) in [6.45, 7) is 9.59. The smallest absolute Gasteiger partial charge is 0.462 e. The van der Waals surface area contributed by atoms with Crippen LogP contribution in [0.1, 0.15) is 408 Å². The van der Waals surface area contributed by atoms with Crippen molar-refractivity contribution in [1.29, 1.82) is 0 Å². The maximum absolute atomic E-state index is 13.1. The van der Waals surface area contributed by atoms with Gasteiger partial charge in [-0.05, 0) is 37.5 Å². The summed E-state index contributed by atoms with van der Waals surface area (Å²) in [5.41, 5.74) is 0. The highest BCUT2D eigenvalue weighted by atomic mass is 31.2. The molecule has 2 unspecified atom stereocenters. The molecule has 17 nitrogen and oxygen atoms in total. The van der Waals surface area contributed by atoms with E-state index in [9.17, 15) is 43.2 Å². The largest absolute Gasteiger partial charge is 0.472 e. The van der Waals surface area contributed by atoms with Crippen LogP contribution in [0.25, 0.3) is 0 Å². The van der Waals surface area contributed by atoms with Crippen LogP contribution in [0, 0.1) is 11.8 Å². The van der Waals surface area contributed by atoms with E-state index in [1.165, 1.54) is 218 Å². The minimum Gasteiger partial charge on any atom is -0.462 e. The van der Waals surface area contributed by atoms with E-state index >= 15 is 0 Å². The molecule has 5 atom stereocenters. The SMILES string of the molecule is CCCCCCCCCCCCCCCCCC(=O)OC[C@H](COP(=O)(O)OC[C@@H](O)COP(=O)(O)OC[C@@H](COC(=O)CCCCCCCCCC(C)C)OC(=O)CCCCCCCCCCCCCCCC)OC(=O)CCCCCCCCCCCCCCCCCC(C)C. The van der Waals surface area contributed by atoms with Crippen molar-refractivity contribution in [1.82, 2.24) is 0 Å². The second-order valence-corrected chi connectivity index (χ2v) is 32.0. The molecule has 0 spiro atoms. The quantitative estimate of drug-likeness (QED) is 0.0222. The molecule has 3 N–H and O–H groups in total. The Bertz CT molecular complexity index is 1870. The van der Waals surface area contributed by atoms with Crippen LogP contribution in [0.3, 0.4) is 0 Å². The van der Waals surface area contributed by atoms with Crippen LogP contribution < -0.4 is 0 Å². The van der Waals surface area contributed by atoms with Gasteiger partial charge in [0.05, 0.1) is 26.4 Å². The zero-order valence-corrected chi connectivity index (χ0v) is 65.2. The zero-order chi connectivity index (χ0) is 71.4. The van der Waals surface area contributed by atoms with Crippen molar-refractivity contribution < 1.29 is 80.2 Å². The van der Waals surface area contributed by atoms with E-state index in [-0.39, 0.29) is 25.7 Å². The Morgan fingerprint density at radius 1 is 0.278 bits per heavy atom. The van der Waals surface area contributed by atoms with Crippen LogP contribution in [0.15, 0.2) is 0 Å². The Morgan fingerprint density at radius 2 is 0.474 bits per heavy atom. The van der Waals surface area contributed by atoms with Crippen LogP contribution in [-0.2, 0) is 65.4 Å². The summed E-state index contributed by atoms with van der Waals surface area (Å²) in [5, 5.41) is 10.6. The summed E-state index contributed by atoms with van der Waals surface area (Å²) >= 11 is 0. The maximum atomic E-state index is 13.1. The molecule has 0 aliphatic heterocycles. The number of aliphatic hydroxyl groups excluding tert-OH is 1. The molecule has 0 aliphatic rings. The van der Waals surface area contributed by atoms with Gasteiger partial charge in [-0.15, -0.1) is 0 Å². The number of carbonyl (C=O) groups excluding carboxylic acids is 4. The first-order valence-corrected chi connectivity index (χ1v) is 43.5. The summed E-state index contributed by atoms with van der Waals surface area (Å²) in [7, 11) is -9.91. The highest BCUT2D eigenvalue weighted by Crippen LogP contribution is 2.45. The average molecular weight is 1420 g/mol. The molecule has 0 saturated carbocycles. The first kappa shape index (κ1) is 95.1. The number of rotatable bonds is 77. The lowest BCUT2D eigenvalue weighted by molar-refractivity contribution is -0.161. The van der Waals surface area contributed by atoms with Gasteiger partial charge in [-0.2, -0.15) is 0 Å². The lowest BCUT2D eigenvalue weighted by Gasteiger charge is -2.21. The first-order chi connectivity index (χ1) is 46.9. The fourth-order valence-electron chi connectivity index (χ4n) is 12.0. The van der Waals surface area contributed by atoms with E-state index in [4.69, 9.17) is 37.0 Å². The van der Waals surface area contributed by atoms with Crippen molar-refractivity contribution in [3.63, 3.8) is 0 Å². The van der Waals surface area contributed by atoms with Gasteiger partial charge >= 0.3 is 39.5 Å². The molecule has 97 heavy (non-hydrogen) atoms. The minimum absolute atomic E-state index is 0.107. The van der Waals surface area contributed by atoms with Crippen LogP contribution in [-0.4, -0.2) is 96.7 Å². The van der Waals surface area contributed by atoms with E-state index in [1.54, 1.807) is 0 Å². The second-order valence-electron chi connectivity index (χ2n) is 29.1. The summed E-state index contributed by atoms with van der Waals surface area (Å²) in [4.78, 5) is 72.9. The van der Waals surface area contributed by atoms with Gasteiger partial charge in [-0.1, -0.05) is 356 Å². The van der Waals surface area contributed by atoms with Gasteiger partial charge in [0.1, 0.15) is 19.3 Å². The van der Waals surface area contributed by atoms with Crippen molar-refractivity contribution in [2.45, 2.75) is 426 Å². The topological polar surface area (TPSA) is 237 Å². The third kappa shape index (κ3) is 72.2. The predicted molar refractivity (Wildman–Crippen MR) is 395 cm³/mol. The van der Waals surface area contributed by atoms with Gasteiger partial charge in [0, 0.05) is 25.7 Å². The van der Waals surface area contributed by atoms with Crippen LogP contribution in [0.4, 0.5) is 0 Å². The third-order valence-corrected chi connectivity index (χ3v) is 20.1. The number of phosphoric acid groups is 2. The van der Waals surface area contributed by atoms with Crippen LogP contribution in [0.2, 0.25) is 0 Å². The molecule has 0 rings (SSSR count). The molecule has 576 valence electrons. The number of ether oxygens (including phenoxy) is 4. The monoisotopic (exact) mass is 1420 g/mol. The number of aliphatic hydroxyl groups is 1. The Hall–Kier alpha value is -1.94. The van der Waals surface area contributed by atoms with Crippen LogP contribution >= 0.6 is 15.6 Å². The number of hydrogen-bond acceptors (Lipinski definition) is 15. The highest BCUT2D eigenvalue weighted by Gasteiger charge is 2.30. The van der Waals surface area contributed by atoms with E-state index in [2.05, 4.69) is 41.5 Å². The molecule has 19 heteroatoms. The lowest BCUT2D eigenvalue weighted by atomic mass is 10.0. The van der Waals surface area contributed by atoms with Crippen molar-refractivity contribution >= 4 is 39.5 Å². The number of esters is 4. The Balaban J connectivity index is 5.24. The minimum atomic E-state index is -4.96. The Morgan fingerprint density at radius 3 is 0.701 bits per heavy atom. The molecule has 0 fully saturated rings. The summed E-state index contributed by atoms with van der Waals surface area (Å²) < 4.78 is 68.6. The zero-order valence-electron chi connectivity index (χ0n) is 63.4. The molecule has 0 amide bonds. The van der Waals surface area contributed by atoms with Gasteiger partial charge in [-0.3, -0.25) is 37.3 Å². The predicted octanol–water partition coefficient (Wildman–Crippen LogP) is 23.1. The van der Waals surface area contributed by atoms with Crippen molar-refractivity contribution in [2.75, 3.05) is 39.6 Å².